The standard InChI is InChI=1S/C13H13ClN2O2/c1-8(11-7-10(17)2-3-12(11)18)16-9-4-5-15-13(14)6-9/h2-8,17-18H,1H3,(H,15,16). The monoisotopic (exact) mass is 264 g/mol. The van der Waals surface area contributed by atoms with Crippen LogP contribution in [0, 0.1) is 0 Å². The van der Waals surface area contributed by atoms with Gasteiger partial charge in [-0.25, -0.2) is 4.98 Å². The molecule has 3 N–H and O–H groups in total. The zero-order chi connectivity index (χ0) is 13.1. The second-order valence-electron chi connectivity index (χ2n) is 3.98. The number of anilines is 1. The summed E-state index contributed by atoms with van der Waals surface area (Å²) in [6.45, 7) is 1.88. The Kier molecular flexibility index (Phi) is 3.58. The second kappa shape index (κ2) is 5.14. The van der Waals surface area contributed by atoms with Gasteiger partial charge >= 0.3 is 0 Å². The third-order valence-corrected chi connectivity index (χ3v) is 2.79. The van der Waals surface area contributed by atoms with Gasteiger partial charge in [0, 0.05) is 17.4 Å². The first-order valence-electron chi connectivity index (χ1n) is 5.46. The molecule has 0 saturated heterocycles. The topological polar surface area (TPSA) is 65.4 Å². The number of aromatic nitrogens is 1. The zero-order valence-corrected chi connectivity index (χ0v) is 10.5. The summed E-state index contributed by atoms with van der Waals surface area (Å²) in [7, 11) is 0. The van der Waals surface area contributed by atoms with E-state index < -0.39 is 0 Å². The van der Waals surface area contributed by atoms with E-state index in [0.717, 1.165) is 5.69 Å². The Balaban J connectivity index is 2.21. The van der Waals surface area contributed by atoms with Gasteiger partial charge in [-0.1, -0.05) is 11.6 Å². The Labute approximate surface area is 110 Å². The van der Waals surface area contributed by atoms with Gasteiger partial charge in [0.05, 0.1) is 6.04 Å². The summed E-state index contributed by atoms with van der Waals surface area (Å²) in [6, 6.07) is 7.73. The Hall–Kier alpha value is -1.94. The van der Waals surface area contributed by atoms with Gasteiger partial charge in [0.2, 0.25) is 0 Å². The van der Waals surface area contributed by atoms with Gasteiger partial charge in [0.1, 0.15) is 16.7 Å². The fourth-order valence-corrected chi connectivity index (χ4v) is 1.88. The van der Waals surface area contributed by atoms with Gasteiger partial charge in [-0.2, -0.15) is 0 Å². The zero-order valence-electron chi connectivity index (χ0n) is 9.76. The van der Waals surface area contributed by atoms with Crippen LogP contribution in [0.3, 0.4) is 0 Å². The number of nitrogens with one attached hydrogen (secondary N) is 1. The molecule has 0 aliphatic carbocycles. The average molecular weight is 265 g/mol. The van der Waals surface area contributed by atoms with Crippen molar-refractivity contribution in [2.24, 2.45) is 0 Å². The molecule has 0 bridgehead atoms. The van der Waals surface area contributed by atoms with Crippen LogP contribution in [0.1, 0.15) is 18.5 Å². The van der Waals surface area contributed by atoms with Crippen LogP contribution in [0.2, 0.25) is 5.15 Å². The molecule has 0 fully saturated rings. The normalized spacial score (nSPS) is 12.1. The van der Waals surface area contributed by atoms with Crippen molar-refractivity contribution >= 4 is 17.3 Å². The lowest BCUT2D eigenvalue weighted by Gasteiger charge is -2.17. The van der Waals surface area contributed by atoms with Crippen molar-refractivity contribution in [3.8, 4) is 11.5 Å². The van der Waals surface area contributed by atoms with E-state index in [2.05, 4.69) is 10.3 Å². The molecule has 5 heteroatoms. The van der Waals surface area contributed by atoms with Crippen LogP contribution >= 0.6 is 11.6 Å². The molecule has 1 aromatic heterocycles. The maximum atomic E-state index is 9.75. The summed E-state index contributed by atoms with van der Waals surface area (Å²) in [5.74, 6) is 0.247. The van der Waals surface area contributed by atoms with E-state index in [4.69, 9.17) is 11.6 Å². The highest BCUT2D eigenvalue weighted by Crippen LogP contribution is 2.30. The number of nitrogens with zero attached hydrogens (tertiary/aromatic N) is 1. The first-order valence-corrected chi connectivity index (χ1v) is 5.84. The number of hydrogen-bond donors (Lipinski definition) is 3. The van der Waals surface area contributed by atoms with Gasteiger partial charge in [0.25, 0.3) is 0 Å². The van der Waals surface area contributed by atoms with E-state index in [1.807, 2.05) is 6.92 Å². The average Bonchev–Trinajstić information content (AvgIpc) is 2.32. The number of hydrogen-bond acceptors (Lipinski definition) is 4. The molecule has 1 heterocycles. The molecule has 94 valence electrons. The largest absolute Gasteiger partial charge is 0.508 e. The molecule has 2 rings (SSSR count). The van der Waals surface area contributed by atoms with Gasteiger partial charge in [-0.15, -0.1) is 0 Å². The van der Waals surface area contributed by atoms with Crippen molar-refractivity contribution in [1.29, 1.82) is 0 Å². The molecule has 2 aromatic rings. The molecular weight excluding hydrogens is 252 g/mol. The van der Waals surface area contributed by atoms with Crippen LogP contribution < -0.4 is 5.32 Å². The molecule has 0 aliphatic heterocycles. The van der Waals surface area contributed by atoms with Crippen molar-refractivity contribution in [2.45, 2.75) is 13.0 Å². The Morgan fingerprint density at radius 2 is 2.00 bits per heavy atom. The summed E-state index contributed by atoms with van der Waals surface area (Å²) in [5, 5.41) is 22.7. The summed E-state index contributed by atoms with van der Waals surface area (Å²) in [5.41, 5.74) is 1.41. The van der Waals surface area contributed by atoms with Crippen molar-refractivity contribution < 1.29 is 10.2 Å². The summed E-state index contributed by atoms with van der Waals surface area (Å²) in [4.78, 5) is 3.89. The maximum Gasteiger partial charge on any atom is 0.131 e. The van der Waals surface area contributed by atoms with Crippen LogP contribution in [0.5, 0.6) is 11.5 Å². The first-order chi connectivity index (χ1) is 8.56. The lowest BCUT2D eigenvalue weighted by molar-refractivity contribution is 0.451. The molecule has 1 atom stereocenters. The van der Waals surface area contributed by atoms with E-state index in [9.17, 15) is 10.2 Å². The predicted octanol–water partition coefficient (Wildman–Crippen LogP) is 3.32. The van der Waals surface area contributed by atoms with E-state index in [0.29, 0.717) is 10.7 Å². The number of phenolic OH excluding ortho intramolecular Hbond substituents is 2. The van der Waals surface area contributed by atoms with Gasteiger partial charge < -0.3 is 15.5 Å². The predicted molar refractivity (Wildman–Crippen MR) is 71.1 cm³/mol. The highest BCUT2D eigenvalue weighted by molar-refractivity contribution is 6.29. The van der Waals surface area contributed by atoms with Crippen LogP contribution in [0.25, 0.3) is 0 Å². The molecule has 0 spiro atoms. The molecule has 18 heavy (non-hydrogen) atoms. The third-order valence-electron chi connectivity index (χ3n) is 2.59. The summed E-state index contributed by atoms with van der Waals surface area (Å²) < 4.78 is 0. The minimum Gasteiger partial charge on any atom is -0.508 e. The number of halogens is 1. The SMILES string of the molecule is CC(Nc1ccnc(Cl)c1)c1cc(O)ccc1O. The third kappa shape index (κ3) is 2.84. The smallest absolute Gasteiger partial charge is 0.131 e. The van der Waals surface area contributed by atoms with Crippen molar-refractivity contribution in [2.75, 3.05) is 5.32 Å². The van der Waals surface area contributed by atoms with Crippen LogP contribution in [-0.4, -0.2) is 15.2 Å². The van der Waals surface area contributed by atoms with E-state index in [-0.39, 0.29) is 17.5 Å². The summed E-state index contributed by atoms with van der Waals surface area (Å²) >= 11 is 5.79. The molecular formula is C13H13ClN2O2. The lowest BCUT2D eigenvalue weighted by atomic mass is 10.1. The molecule has 1 aromatic carbocycles. The number of rotatable bonds is 3. The lowest BCUT2D eigenvalue weighted by Crippen LogP contribution is -2.06. The van der Waals surface area contributed by atoms with Crippen LogP contribution in [-0.2, 0) is 0 Å². The number of phenols is 2. The molecule has 0 radical (unpaired) electrons. The van der Waals surface area contributed by atoms with E-state index in [1.54, 1.807) is 18.3 Å². The van der Waals surface area contributed by atoms with Crippen molar-refractivity contribution in [3.05, 3.63) is 47.2 Å². The highest BCUT2D eigenvalue weighted by Gasteiger charge is 2.11. The fraction of sp³-hybridized carbons (Fsp3) is 0.154. The molecule has 4 nitrogen and oxygen atoms in total. The number of pyridine rings is 1. The maximum absolute atomic E-state index is 9.75. The molecule has 1 unspecified atom stereocenters. The van der Waals surface area contributed by atoms with Crippen molar-refractivity contribution in [1.82, 2.24) is 4.98 Å². The molecule has 0 amide bonds. The second-order valence-corrected chi connectivity index (χ2v) is 4.36. The molecule has 0 saturated carbocycles. The number of aromatic hydroxyl groups is 2. The Bertz CT molecular complexity index is 560. The van der Waals surface area contributed by atoms with Gasteiger partial charge in [0.15, 0.2) is 0 Å². The number of benzene rings is 1. The van der Waals surface area contributed by atoms with E-state index >= 15 is 0 Å². The first kappa shape index (κ1) is 12.5. The minimum atomic E-state index is -0.171. The van der Waals surface area contributed by atoms with Crippen LogP contribution in [0.15, 0.2) is 36.5 Å². The summed E-state index contributed by atoms with van der Waals surface area (Å²) in [6.07, 6.45) is 1.60. The fourth-order valence-electron chi connectivity index (χ4n) is 1.71. The Morgan fingerprint density at radius 3 is 2.72 bits per heavy atom. The molecule has 0 aliphatic rings. The van der Waals surface area contributed by atoms with Gasteiger partial charge in [-0.3, -0.25) is 0 Å². The minimum absolute atomic E-state index is 0.115. The highest BCUT2D eigenvalue weighted by atomic mass is 35.5. The Morgan fingerprint density at radius 1 is 1.22 bits per heavy atom. The quantitative estimate of drug-likeness (QED) is 0.588. The van der Waals surface area contributed by atoms with Crippen molar-refractivity contribution in [3.63, 3.8) is 0 Å². The van der Waals surface area contributed by atoms with Gasteiger partial charge in [-0.05, 0) is 37.3 Å². The van der Waals surface area contributed by atoms with Crippen LogP contribution in [0.4, 0.5) is 5.69 Å². The van der Waals surface area contributed by atoms with E-state index in [1.165, 1.54) is 18.2 Å².